The second-order valence-electron chi connectivity index (χ2n) is 5.21. The lowest BCUT2D eigenvalue weighted by molar-refractivity contribution is -0.119. The Morgan fingerprint density at radius 2 is 1.64 bits per heavy atom. The van der Waals surface area contributed by atoms with Gasteiger partial charge in [0.05, 0.1) is 5.60 Å². The van der Waals surface area contributed by atoms with Crippen molar-refractivity contribution >= 4 is 0 Å². The van der Waals surface area contributed by atoms with E-state index in [1.54, 1.807) is 0 Å². The Bertz CT molecular complexity index is 176. The van der Waals surface area contributed by atoms with E-state index in [-0.39, 0.29) is 5.60 Å². The first-order chi connectivity index (χ1) is 6.74. The SMILES string of the molecule is COC12CCC(CCCO)(CC1)CC2. The highest BCUT2D eigenvalue weighted by Gasteiger charge is 2.48. The molecule has 0 unspecified atom stereocenters. The lowest BCUT2D eigenvalue weighted by atomic mass is 9.57. The zero-order valence-electron chi connectivity index (χ0n) is 9.22. The largest absolute Gasteiger partial charge is 0.396 e. The summed E-state index contributed by atoms with van der Waals surface area (Å²) in [6, 6.07) is 0. The molecule has 2 heteroatoms. The Morgan fingerprint density at radius 3 is 2.07 bits per heavy atom. The molecule has 3 fully saturated rings. The molecular weight excluding hydrogens is 176 g/mol. The van der Waals surface area contributed by atoms with E-state index >= 15 is 0 Å². The van der Waals surface area contributed by atoms with E-state index in [0.29, 0.717) is 12.0 Å². The molecule has 0 spiro atoms. The Hall–Kier alpha value is -0.0800. The van der Waals surface area contributed by atoms with Crippen molar-refractivity contribution < 1.29 is 9.84 Å². The molecule has 82 valence electrons. The van der Waals surface area contributed by atoms with Crippen molar-refractivity contribution in [3.8, 4) is 0 Å². The summed E-state index contributed by atoms with van der Waals surface area (Å²) in [5.74, 6) is 0. The summed E-state index contributed by atoms with van der Waals surface area (Å²) < 4.78 is 5.67. The minimum Gasteiger partial charge on any atom is -0.396 e. The molecule has 0 aliphatic heterocycles. The third kappa shape index (κ3) is 1.70. The minimum absolute atomic E-state index is 0.237. The second-order valence-corrected chi connectivity index (χ2v) is 5.21. The van der Waals surface area contributed by atoms with Gasteiger partial charge in [-0.25, -0.2) is 0 Å². The molecule has 0 heterocycles. The quantitative estimate of drug-likeness (QED) is 0.752. The Labute approximate surface area is 86.6 Å². The van der Waals surface area contributed by atoms with Crippen LogP contribution in [-0.2, 0) is 4.74 Å². The van der Waals surface area contributed by atoms with Gasteiger partial charge < -0.3 is 9.84 Å². The first-order valence-electron chi connectivity index (χ1n) is 5.90. The number of aliphatic hydroxyl groups excluding tert-OH is 1. The highest BCUT2D eigenvalue weighted by molar-refractivity contribution is 5.00. The highest BCUT2D eigenvalue weighted by Crippen LogP contribution is 2.55. The fraction of sp³-hybridized carbons (Fsp3) is 1.00. The third-order valence-electron chi connectivity index (χ3n) is 4.63. The summed E-state index contributed by atoms with van der Waals surface area (Å²) >= 11 is 0. The van der Waals surface area contributed by atoms with Crippen LogP contribution in [0.4, 0.5) is 0 Å². The van der Waals surface area contributed by atoms with Crippen LogP contribution in [0.5, 0.6) is 0 Å². The average molecular weight is 198 g/mol. The Morgan fingerprint density at radius 1 is 1.07 bits per heavy atom. The van der Waals surface area contributed by atoms with Crippen LogP contribution < -0.4 is 0 Å². The van der Waals surface area contributed by atoms with Gasteiger partial charge in [0, 0.05) is 13.7 Å². The predicted octanol–water partition coefficient (Wildman–Crippen LogP) is 2.50. The molecular formula is C12H22O2. The Balaban J connectivity index is 1.95. The lowest BCUT2D eigenvalue weighted by Crippen LogP contribution is -2.47. The molecule has 2 nitrogen and oxygen atoms in total. The van der Waals surface area contributed by atoms with Crippen LogP contribution in [0.2, 0.25) is 0 Å². The number of hydrogen-bond donors (Lipinski definition) is 1. The van der Waals surface area contributed by atoms with Crippen molar-refractivity contribution in [2.75, 3.05) is 13.7 Å². The van der Waals surface area contributed by atoms with Crippen LogP contribution in [-0.4, -0.2) is 24.4 Å². The smallest absolute Gasteiger partial charge is 0.0679 e. The molecule has 0 radical (unpaired) electrons. The van der Waals surface area contributed by atoms with Gasteiger partial charge in [-0.05, 0) is 56.8 Å². The predicted molar refractivity (Wildman–Crippen MR) is 56.2 cm³/mol. The number of ether oxygens (including phenoxy) is 1. The van der Waals surface area contributed by atoms with E-state index in [4.69, 9.17) is 9.84 Å². The normalized spacial score (nSPS) is 41.6. The zero-order chi connectivity index (χ0) is 10.1. The van der Waals surface area contributed by atoms with Crippen LogP contribution in [0.3, 0.4) is 0 Å². The van der Waals surface area contributed by atoms with Gasteiger partial charge in [0.25, 0.3) is 0 Å². The standard InChI is InChI=1S/C12H22O2/c1-14-12-7-4-11(5-8-12,6-9-12)3-2-10-13/h13H,2-10H2,1H3. The summed E-state index contributed by atoms with van der Waals surface area (Å²) in [4.78, 5) is 0. The van der Waals surface area contributed by atoms with Crippen LogP contribution in [0.1, 0.15) is 51.4 Å². The molecule has 0 atom stereocenters. The van der Waals surface area contributed by atoms with Crippen LogP contribution in [0, 0.1) is 5.41 Å². The third-order valence-corrected chi connectivity index (χ3v) is 4.63. The summed E-state index contributed by atoms with van der Waals surface area (Å²) in [6.07, 6.45) is 9.91. The van der Waals surface area contributed by atoms with Crippen molar-refractivity contribution in [3.05, 3.63) is 0 Å². The van der Waals surface area contributed by atoms with Gasteiger partial charge in [-0.15, -0.1) is 0 Å². The van der Waals surface area contributed by atoms with Crippen molar-refractivity contribution in [2.24, 2.45) is 5.41 Å². The van der Waals surface area contributed by atoms with Crippen molar-refractivity contribution in [3.63, 3.8) is 0 Å². The summed E-state index contributed by atoms with van der Waals surface area (Å²) in [5, 5.41) is 8.89. The Kier molecular flexibility index (Phi) is 2.85. The molecule has 0 aromatic carbocycles. The highest BCUT2D eigenvalue weighted by atomic mass is 16.5. The monoisotopic (exact) mass is 198 g/mol. The van der Waals surface area contributed by atoms with Crippen molar-refractivity contribution in [1.29, 1.82) is 0 Å². The lowest BCUT2D eigenvalue weighted by Gasteiger charge is -2.53. The van der Waals surface area contributed by atoms with Gasteiger partial charge in [0.15, 0.2) is 0 Å². The molecule has 14 heavy (non-hydrogen) atoms. The molecule has 3 rings (SSSR count). The number of aliphatic hydroxyl groups is 1. The van der Waals surface area contributed by atoms with E-state index < -0.39 is 0 Å². The van der Waals surface area contributed by atoms with E-state index in [0.717, 1.165) is 6.42 Å². The summed E-state index contributed by atoms with van der Waals surface area (Å²) in [7, 11) is 1.87. The van der Waals surface area contributed by atoms with Gasteiger partial charge in [-0.2, -0.15) is 0 Å². The van der Waals surface area contributed by atoms with Gasteiger partial charge in [0.1, 0.15) is 0 Å². The maximum atomic E-state index is 8.89. The van der Waals surface area contributed by atoms with E-state index in [1.165, 1.54) is 44.9 Å². The van der Waals surface area contributed by atoms with Crippen LogP contribution >= 0.6 is 0 Å². The molecule has 0 amide bonds. The van der Waals surface area contributed by atoms with Crippen molar-refractivity contribution in [1.82, 2.24) is 0 Å². The van der Waals surface area contributed by atoms with Gasteiger partial charge in [0.2, 0.25) is 0 Å². The number of rotatable bonds is 4. The number of methoxy groups -OCH3 is 1. The minimum atomic E-state index is 0.237. The molecule has 0 aromatic heterocycles. The molecule has 3 saturated carbocycles. The number of hydrogen-bond acceptors (Lipinski definition) is 2. The molecule has 3 aliphatic carbocycles. The number of fused-ring (bicyclic) bond motifs is 3. The van der Waals surface area contributed by atoms with Gasteiger partial charge in [-0.3, -0.25) is 0 Å². The topological polar surface area (TPSA) is 29.5 Å². The van der Waals surface area contributed by atoms with E-state index in [2.05, 4.69) is 0 Å². The van der Waals surface area contributed by atoms with E-state index in [1.807, 2.05) is 7.11 Å². The molecule has 0 aromatic rings. The van der Waals surface area contributed by atoms with Crippen molar-refractivity contribution in [2.45, 2.75) is 57.0 Å². The zero-order valence-corrected chi connectivity index (χ0v) is 9.22. The molecule has 1 N–H and O–H groups in total. The maximum Gasteiger partial charge on any atom is 0.0679 e. The molecule has 0 saturated heterocycles. The fourth-order valence-electron chi connectivity index (χ4n) is 3.36. The maximum absolute atomic E-state index is 8.89. The van der Waals surface area contributed by atoms with Gasteiger partial charge >= 0.3 is 0 Å². The van der Waals surface area contributed by atoms with Crippen LogP contribution in [0.15, 0.2) is 0 Å². The first-order valence-corrected chi connectivity index (χ1v) is 5.90. The van der Waals surface area contributed by atoms with Gasteiger partial charge in [-0.1, -0.05) is 0 Å². The summed E-state index contributed by atoms with van der Waals surface area (Å²) in [6.45, 7) is 0.358. The fourth-order valence-corrected chi connectivity index (χ4v) is 3.36. The summed E-state index contributed by atoms with van der Waals surface area (Å²) in [5.41, 5.74) is 0.809. The average Bonchev–Trinajstić information content (AvgIpc) is 2.29. The van der Waals surface area contributed by atoms with Crippen LogP contribution in [0.25, 0.3) is 0 Å². The van der Waals surface area contributed by atoms with E-state index in [9.17, 15) is 0 Å². The first kappa shape index (κ1) is 10.4. The second kappa shape index (κ2) is 3.82. The molecule has 3 aliphatic rings. The molecule has 2 bridgehead atoms.